The van der Waals surface area contributed by atoms with E-state index in [4.69, 9.17) is 0 Å². The fourth-order valence-electron chi connectivity index (χ4n) is 2.08. The minimum atomic E-state index is -4.08. The average Bonchev–Trinajstić information content (AvgIpc) is 3.10. The maximum absolute atomic E-state index is 12.9. The van der Waals surface area contributed by atoms with Crippen LogP contribution in [0.3, 0.4) is 0 Å². The van der Waals surface area contributed by atoms with Crippen molar-refractivity contribution in [3.05, 3.63) is 70.7 Å². The molecule has 0 amide bonds. The van der Waals surface area contributed by atoms with E-state index in [1.54, 1.807) is 0 Å². The Balaban J connectivity index is 1.86. The molecule has 3 aromatic rings. The predicted molar refractivity (Wildman–Crippen MR) is 97.9 cm³/mol. The Labute approximate surface area is 162 Å². The lowest BCUT2D eigenvalue weighted by molar-refractivity contribution is -0.384. The molecule has 0 fully saturated rings. The van der Waals surface area contributed by atoms with E-state index in [1.807, 2.05) is 0 Å². The van der Waals surface area contributed by atoms with Crippen molar-refractivity contribution >= 4 is 42.0 Å². The summed E-state index contributed by atoms with van der Waals surface area (Å²) in [6, 6.07) is 8.31. The summed E-state index contributed by atoms with van der Waals surface area (Å²) in [5.74, 6) is -0.607. The van der Waals surface area contributed by atoms with Crippen LogP contribution in [0.1, 0.15) is 0 Å². The van der Waals surface area contributed by atoms with E-state index in [2.05, 4.69) is 9.71 Å². The Bertz CT molecular complexity index is 1240. The lowest BCUT2D eigenvalue weighted by Crippen LogP contribution is -2.12. The largest absolute Gasteiger partial charge is 0.269 e. The van der Waals surface area contributed by atoms with E-state index < -0.39 is 30.6 Å². The lowest BCUT2D eigenvalue weighted by Gasteiger charge is -2.04. The van der Waals surface area contributed by atoms with Crippen molar-refractivity contribution in [1.29, 1.82) is 0 Å². The van der Waals surface area contributed by atoms with E-state index >= 15 is 0 Å². The maximum Gasteiger partial charge on any atom is 0.269 e. The molecule has 0 saturated carbocycles. The van der Waals surface area contributed by atoms with Crippen molar-refractivity contribution in [2.24, 2.45) is 0 Å². The van der Waals surface area contributed by atoms with Gasteiger partial charge in [-0.25, -0.2) is 26.2 Å². The van der Waals surface area contributed by atoms with Crippen molar-refractivity contribution in [3.63, 3.8) is 0 Å². The molecule has 13 heteroatoms. The van der Waals surface area contributed by atoms with Crippen molar-refractivity contribution in [3.8, 4) is 0 Å². The quantitative estimate of drug-likeness (QED) is 0.457. The van der Waals surface area contributed by atoms with E-state index in [0.29, 0.717) is 11.3 Å². The van der Waals surface area contributed by atoms with Gasteiger partial charge in [-0.15, -0.1) is 0 Å². The molecule has 0 atom stereocenters. The van der Waals surface area contributed by atoms with Crippen molar-refractivity contribution < 1.29 is 26.1 Å². The predicted octanol–water partition coefficient (Wildman–Crippen LogP) is 2.82. The third-order valence-electron chi connectivity index (χ3n) is 3.45. The van der Waals surface area contributed by atoms with Gasteiger partial charge in [0.05, 0.1) is 20.9 Å². The number of sulfonamides is 1. The third-order valence-corrected chi connectivity index (χ3v) is 8.08. The van der Waals surface area contributed by atoms with Crippen LogP contribution in [0, 0.1) is 15.9 Å². The van der Waals surface area contributed by atoms with Crippen LogP contribution < -0.4 is 4.72 Å². The molecule has 0 spiro atoms. The van der Waals surface area contributed by atoms with Gasteiger partial charge < -0.3 is 0 Å². The molecule has 0 radical (unpaired) electrons. The molecular weight excluding hydrogens is 433 g/mol. The van der Waals surface area contributed by atoms with Crippen LogP contribution in [0.5, 0.6) is 0 Å². The number of aromatic nitrogens is 1. The number of sulfone groups is 1. The summed E-state index contributed by atoms with van der Waals surface area (Å²) in [6.45, 7) is 0. The molecule has 0 aliphatic carbocycles. The number of nitrogens with one attached hydrogen (secondary N) is 1. The smallest absolute Gasteiger partial charge is 0.258 e. The number of rotatable bonds is 6. The second-order valence-corrected chi connectivity index (χ2v) is 10.2. The minimum Gasteiger partial charge on any atom is -0.258 e. The Hall–Kier alpha value is -2.90. The van der Waals surface area contributed by atoms with Gasteiger partial charge >= 0.3 is 0 Å². The molecule has 1 heterocycles. The van der Waals surface area contributed by atoms with Crippen LogP contribution in [0.15, 0.2) is 68.7 Å². The molecule has 28 heavy (non-hydrogen) atoms. The number of benzene rings is 2. The summed E-state index contributed by atoms with van der Waals surface area (Å²) in [4.78, 5) is 13.3. The van der Waals surface area contributed by atoms with E-state index in [-0.39, 0.29) is 24.8 Å². The zero-order chi connectivity index (χ0) is 20.5. The number of nitrogens with zero attached hydrogens (tertiary/aromatic N) is 2. The van der Waals surface area contributed by atoms with Crippen LogP contribution in [0.4, 0.5) is 15.2 Å². The highest BCUT2D eigenvalue weighted by Crippen LogP contribution is 2.30. The van der Waals surface area contributed by atoms with Crippen molar-refractivity contribution in [2.45, 2.75) is 14.0 Å². The number of nitro benzene ring substituents is 1. The van der Waals surface area contributed by atoms with Crippen LogP contribution in [-0.2, 0) is 19.9 Å². The van der Waals surface area contributed by atoms with Gasteiger partial charge in [0.2, 0.25) is 9.84 Å². The first-order valence-electron chi connectivity index (χ1n) is 7.33. The van der Waals surface area contributed by atoms with Crippen LogP contribution in [0.2, 0.25) is 0 Å². The van der Waals surface area contributed by atoms with Crippen LogP contribution in [-0.4, -0.2) is 26.7 Å². The number of anilines is 1. The summed E-state index contributed by atoms with van der Waals surface area (Å²) in [6.07, 6.45) is 0.976. The Morgan fingerprint density at radius 3 is 2.11 bits per heavy atom. The average molecular weight is 443 g/mol. The van der Waals surface area contributed by atoms with E-state index in [0.717, 1.165) is 54.7 Å². The lowest BCUT2D eigenvalue weighted by atomic mass is 10.3. The van der Waals surface area contributed by atoms with Crippen molar-refractivity contribution in [1.82, 2.24) is 4.98 Å². The van der Waals surface area contributed by atoms with Gasteiger partial charge in [0.1, 0.15) is 10.0 Å². The third kappa shape index (κ3) is 4.00. The molecule has 0 bridgehead atoms. The first-order chi connectivity index (χ1) is 13.1. The van der Waals surface area contributed by atoms with Gasteiger partial charge in [0, 0.05) is 12.1 Å². The molecule has 146 valence electrons. The van der Waals surface area contributed by atoms with Gasteiger partial charge in [0.15, 0.2) is 5.13 Å². The first kappa shape index (κ1) is 19.9. The number of halogens is 1. The highest BCUT2D eigenvalue weighted by molar-refractivity contribution is 7.94. The van der Waals surface area contributed by atoms with Gasteiger partial charge in [-0.3, -0.25) is 14.8 Å². The van der Waals surface area contributed by atoms with Gasteiger partial charge in [-0.2, -0.15) is 0 Å². The van der Waals surface area contributed by atoms with Gasteiger partial charge in [0.25, 0.3) is 15.7 Å². The van der Waals surface area contributed by atoms with Crippen LogP contribution >= 0.6 is 11.3 Å². The van der Waals surface area contributed by atoms with E-state index in [1.165, 1.54) is 0 Å². The molecular formula is C15H10FN3O6S3. The Morgan fingerprint density at radius 2 is 1.54 bits per heavy atom. The van der Waals surface area contributed by atoms with Crippen LogP contribution in [0.25, 0.3) is 0 Å². The first-order valence-corrected chi connectivity index (χ1v) is 11.1. The molecule has 9 nitrogen and oxygen atoms in total. The maximum atomic E-state index is 12.9. The number of thiazole rings is 1. The topological polar surface area (TPSA) is 136 Å². The summed E-state index contributed by atoms with van der Waals surface area (Å²) in [5, 5.41) is 10.5. The summed E-state index contributed by atoms with van der Waals surface area (Å²) in [7, 11) is -8.12. The number of nitro groups is 1. The number of non-ortho nitro benzene ring substituents is 1. The second kappa shape index (κ2) is 7.26. The molecule has 1 N–H and O–H groups in total. The standard InChI is InChI=1S/C15H10FN3O6S3/c16-10-1-5-13(6-2-10)28(24,25)18-15-17-9-14(26-15)27(22,23)12-7-3-11(4-8-12)19(20)21/h1-9H,(H,17,18). The fourth-order valence-corrected chi connectivity index (χ4v) is 5.76. The summed E-state index contributed by atoms with van der Waals surface area (Å²) >= 11 is 0.573. The van der Waals surface area contributed by atoms with Gasteiger partial charge in [-0.05, 0) is 36.4 Å². The highest BCUT2D eigenvalue weighted by atomic mass is 32.2. The van der Waals surface area contributed by atoms with Gasteiger partial charge in [-0.1, -0.05) is 11.3 Å². The summed E-state index contributed by atoms with van der Waals surface area (Å²) in [5.41, 5.74) is -0.268. The molecule has 2 aromatic carbocycles. The molecule has 0 aliphatic rings. The molecule has 3 rings (SSSR count). The van der Waals surface area contributed by atoms with Crippen molar-refractivity contribution in [2.75, 3.05) is 4.72 Å². The SMILES string of the molecule is O=[N+]([O-])c1ccc(S(=O)(=O)c2cnc(NS(=O)(=O)c3ccc(F)cc3)s2)cc1. The molecule has 0 aliphatic heterocycles. The number of hydrogen-bond donors (Lipinski definition) is 1. The normalized spacial score (nSPS) is 11.9. The summed E-state index contributed by atoms with van der Waals surface area (Å²) < 4.78 is 64.5. The molecule has 1 aromatic heterocycles. The molecule has 0 saturated heterocycles. The monoisotopic (exact) mass is 443 g/mol. The highest BCUT2D eigenvalue weighted by Gasteiger charge is 2.24. The zero-order valence-corrected chi connectivity index (χ0v) is 16.1. The Morgan fingerprint density at radius 1 is 0.964 bits per heavy atom. The minimum absolute atomic E-state index is 0.199. The fraction of sp³-hybridized carbons (Fsp3) is 0. The number of hydrogen-bond acceptors (Lipinski definition) is 8. The zero-order valence-electron chi connectivity index (χ0n) is 13.6. The second-order valence-electron chi connectivity index (χ2n) is 5.30. The molecule has 0 unspecified atom stereocenters. The van der Waals surface area contributed by atoms with E-state index in [9.17, 15) is 31.3 Å². The Kier molecular flexibility index (Phi) is 5.14.